The van der Waals surface area contributed by atoms with E-state index in [0.717, 1.165) is 60.9 Å². The van der Waals surface area contributed by atoms with Crippen molar-refractivity contribution in [3.05, 3.63) is 188 Å². The van der Waals surface area contributed by atoms with E-state index >= 15 is 0 Å². The van der Waals surface area contributed by atoms with Crippen molar-refractivity contribution in [2.24, 2.45) is 0 Å². The zero-order chi connectivity index (χ0) is 38.9. The van der Waals surface area contributed by atoms with Crippen LogP contribution in [0.1, 0.15) is 0 Å². The number of benzene rings is 8. The molecule has 4 aromatic heterocycles. The molecule has 0 aliphatic rings. The van der Waals surface area contributed by atoms with Gasteiger partial charge in [0.25, 0.3) is 0 Å². The predicted molar refractivity (Wildman–Crippen MR) is 236 cm³/mol. The molecule has 0 atom stereocenters. The van der Waals surface area contributed by atoms with Gasteiger partial charge in [0.05, 0.1) is 22.2 Å². The van der Waals surface area contributed by atoms with Crippen LogP contribution in [0.2, 0.25) is 0 Å². The van der Waals surface area contributed by atoms with Crippen molar-refractivity contribution in [3.8, 4) is 62.4 Å². The van der Waals surface area contributed by atoms with Crippen molar-refractivity contribution in [3.63, 3.8) is 0 Å². The summed E-state index contributed by atoms with van der Waals surface area (Å²) in [4.78, 5) is 20.5. The van der Waals surface area contributed by atoms with Gasteiger partial charge in [-0.2, -0.15) is 0 Å². The third-order valence-corrected chi connectivity index (χ3v) is 11.1. The summed E-state index contributed by atoms with van der Waals surface area (Å²) in [5.74, 6) is 2.00. The molecule has 8 aromatic carbocycles. The number of hydrogen-bond donors (Lipinski definition) is 0. The van der Waals surface area contributed by atoms with Crippen LogP contribution in [0.3, 0.4) is 0 Å². The first-order valence-corrected chi connectivity index (χ1v) is 19.6. The molecule has 4 heterocycles. The molecule has 0 saturated heterocycles. The summed E-state index contributed by atoms with van der Waals surface area (Å²) in [5, 5.41) is 4.40. The molecule has 7 nitrogen and oxygen atoms in total. The standard InChI is InChI=1S/C52H31N5O2/c1-3-15-32(16-4-1)36-23-12-24-39-40-25-13-26-41(47(40)58-46(36)39)50-54-49(55-51(56-50)42-27-14-28-43-48(42)59-52(53-43)33-17-5-2-6-18-33)34-19-11-20-35(31-34)57-44-29-9-7-21-37(44)38-22-8-10-30-45(38)57/h1-31H. The molecule has 0 radical (unpaired) electrons. The topological polar surface area (TPSA) is 82.8 Å². The first-order chi connectivity index (χ1) is 29.2. The summed E-state index contributed by atoms with van der Waals surface area (Å²) >= 11 is 0. The summed E-state index contributed by atoms with van der Waals surface area (Å²) in [6, 6.07) is 64.0. The van der Waals surface area contributed by atoms with Crippen LogP contribution in [0.4, 0.5) is 0 Å². The predicted octanol–water partition coefficient (Wildman–Crippen LogP) is 13.3. The zero-order valence-electron chi connectivity index (χ0n) is 31.5. The highest BCUT2D eigenvalue weighted by molar-refractivity contribution is 6.13. The molecule has 0 saturated carbocycles. The van der Waals surface area contributed by atoms with Gasteiger partial charge in [-0.3, -0.25) is 0 Å². The molecule has 12 rings (SSSR count). The third kappa shape index (κ3) is 5.36. The number of furan rings is 1. The van der Waals surface area contributed by atoms with E-state index < -0.39 is 0 Å². The largest absolute Gasteiger partial charge is 0.455 e. The van der Waals surface area contributed by atoms with Crippen molar-refractivity contribution in [2.75, 3.05) is 0 Å². The lowest BCUT2D eigenvalue weighted by Crippen LogP contribution is -2.01. The molecule has 7 heteroatoms. The van der Waals surface area contributed by atoms with Gasteiger partial charge >= 0.3 is 0 Å². The molecular weight excluding hydrogens is 727 g/mol. The van der Waals surface area contributed by atoms with Crippen molar-refractivity contribution in [1.29, 1.82) is 0 Å². The molecule has 12 aromatic rings. The molecule has 0 spiro atoms. The van der Waals surface area contributed by atoms with Gasteiger partial charge in [-0.25, -0.2) is 19.9 Å². The Morgan fingerprint density at radius 2 is 0.847 bits per heavy atom. The Morgan fingerprint density at radius 1 is 0.339 bits per heavy atom. The highest BCUT2D eigenvalue weighted by Gasteiger charge is 2.22. The molecule has 0 bridgehead atoms. The fourth-order valence-corrected chi connectivity index (χ4v) is 8.40. The summed E-state index contributed by atoms with van der Waals surface area (Å²) in [5.41, 5.74) is 11.4. The van der Waals surface area contributed by atoms with Crippen LogP contribution in [0.25, 0.3) is 117 Å². The maximum absolute atomic E-state index is 6.85. The van der Waals surface area contributed by atoms with Crippen LogP contribution < -0.4 is 0 Å². The molecule has 0 unspecified atom stereocenters. The Hall–Kier alpha value is -8.16. The van der Waals surface area contributed by atoms with Crippen LogP contribution in [0.5, 0.6) is 0 Å². The Bertz CT molecular complexity index is 3510. The number of aromatic nitrogens is 5. The number of hydrogen-bond acceptors (Lipinski definition) is 6. The van der Waals surface area contributed by atoms with Gasteiger partial charge in [0.15, 0.2) is 23.1 Å². The maximum atomic E-state index is 6.85. The lowest BCUT2D eigenvalue weighted by atomic mass is 10.0. The van der Waals surface area contributed by atoms with Crippen molar-refractivity contribution in [2.45, 2.75) is 0 Å². The van der Waals surface area contributed by atoms with Crippen LogP contribution >= 0.6 is 0 Å². The van der Waals surface area contributed by atoms with Gasteiger partial charge < -0.3 is 13.4 Å². The minimum Gasteiger partial charge on any atom is -0.455 e. The van der Waals surface area contributed by atoms with Crippen LogP contribution in [0.15, 0.2) is 197 Å². The van der Waals surface area contributed by atoms with E-state index in [0.29, 0.717) is 45.6 Å². The van der Waals surface area contributed by atoms with E-state index in [4.69, 9.17) is 28.8 Å². The van der Waals surface area contributed by atoms with E-state index in [1.54, 1.807) is 0 Å². The Morgan fingerprint density at radius 3 is 1.54 bits per heavy atom. The zero-order valence-corrected chi connectivity index (χ0v) is 31.5. The second kappa shape index (κ2) is 13.2. The smallest absolute Gasteiger partial charge is 0.227 e. The number of para-hydroxylation sites is 5. The van der Waals surface area contributed by atoms with Crippen LogP contribution in [-0.4, -0.2) is 24.5 Å². The van der Waals surface area contributed by atoms with Crippen LogP contribution in [0, 0.1) is 0 Å². The van der Waals surface area contributed by atoms with Crippen molar-refractivity contribution < 1.29 is 8.83 Å². The number of oxazole rings is 1. The van der Waals surface area contributed by atoms with Gasteiger partial charge in [-0.1, -0.05) is 133 Å². The molecule has 0 amide bonds. The van der Waals surface area contributed by atoms with Crippen molar-refractivity contribution >= 4 is 54.8 Å². The van der Waals surface area contributed by atoms with Gasteiger partial charge in [-0.15, -0.1) is 0 Å². The minimum atomic E-state index is 0.465. The van der Waals surface area contributed by atoms with Crippen molar-refractivity contribution in [1.82, 2.24) is 24.5 Å². The molecule has 0 aliphatic carbocycles. The molecule has 0 N–H and O–H groups in total. The van der Waals surface area contributed by atoms with Gasteiger partial charge in [0.2, 0.25) is 5.89 Å². The molecule has 276 valence electrons. The van der Waals surface area contributed by atoms with E-state index in [9.17, 15) is 0 Å². The fourth-order valence-electron chi connectivity index (χ4n) is 8.40. The van der Waals surface area contributed by atoms with E-state index in [-0.39, 0.29) is 0 Å². The second-order valence-electron chi connectivity index (χ2n) is 14.6. The molecule has 0 aliphatic heterocycles. The summed E-state index contributed by atoms with van der Waals surface area (Å²) in [6.07, 6.45) is 0. The Labute approximate surface area is 337 Å². The van der Waals surface area contributed by atoms with Gasteiger partial charge in [0.1, 0.15) is 16.7 Å². The van der Waals surface area contributed by atoms with E-state index in [2.05, 4.69) is 114 Å². The Balaban J connectivity index is 1.09. The van der Waals surface area contributed by atoms with Crippen LogP contribution in [-0.2, 0) is 0 Å². The minimum absolute atomic E-state index is 0.465. The lowest BCUT2D eigenvalue weighted by Gasteiger charge is -2.11. The first-order valence-electron chi connectivity index (χ1n) is 19.6. The normalized spacial score (nSPS) is 11.7. The first kappa shape index (κ1) is 33.0. The highest BCUT2D eigenvalue weighted by atomic mass is 16.3. The van der Waals surface area contributed by atoms with E-state index in [1.807, 2.05) is 78.9 Å². The molecular formula is C52H31N5O2. The molecule has 59 heavy (non-hydrogen) atoms. The van der Waals surface area contributed by atoms with Gasteiger partial charge in [0, 0.05) is 43.9 Å². The number of fused-ring (bicyclic) bond motifs is 7. The number of rotatable bonds is 6. The molecule has 0 fully saturated rings. The summed E-state index contributed by atoms with van der Waals surface area (Å²) < 4.78 is 15.7. The quantitative estimate of drug-likeness (QED) is 0.168. The SMILES string of the molecule is c1ccc(-c2nc3cccc(-c4nc(-c5cccc(-n6c7ccccc7c7ccccc76)c5)nc(-c5cccc6c5oc5c(-c7ccccc7)cccc56)n4)c3o2)cc1. The fraction of sp³-hybridized carbons (Fsp3) is 0. The van der Waals surface area contributed by atoms with Gasteiger partial charge in [-0.05, 0) is 60.2 Å². The average molecular weight is 758 g/mol. The lowest BCUT2D eigenvalue weighted by molar-refractivity contribution is 0.620. The average Bonchev–Trinajstić information content (AvgIpc) is 4.02. The third-order valence-electron chi connectivity index (χ3n) is 11.1. The second-order valence-corrected chi connectivity index (χ2v) is 14.6. The highest BCUT2D eigenvalue weighted by Crippen LogP contribution is 2.41. The number of nitrogens with zero attached hydrogens (tertiary/aromatic N) is 5. The van der Waals surface area contributed by atoms with E-state index in [1.165, 1.54) is 10.8 Å². The summed E-state index contributed by atoms with van der Waals surface area (Å²) in [7, 11) is 0. The monoisotopic (exact) mass is 757 g/mol. The Kier molecular flexibility index (Phi) is 7.40. The maximum Gasteiger partial charge on any atom is 0.227 e. The summed E-state index contributed by atoms with van der Waals surface area (Å²) in [6.45, 7) is 0.